The number of benzene rings is 3. The smallest absolute Gasteiger partial charge is 0.303 e. The molecule has 6 heteroatoms. The molecule has 0 unspecified atom stereocenters. The van der Waals surface area contributed by atoms with E-state index in [-0.39, 0.29) is 30.1 Å². The van der Waals surface area contributed by atoms with Crippen molar-refractivity contribution in [2.75, 3.05) is 20.1 Å². The minimum absolute atomic E-state index is 0.0314. The van der Waals surface area contributed by atoms with Crippen LogP contribution in [0.2, 0.25) is 0 Å². The van der Waals surface area contributed by atoms with Gasteiger partial charge in [0.15, 0.2) is 0 Å². The average molecular weight is 575 g/mol. The third kappa shape index (κ3) is 4.36. The maximum Gasteiger partial charge on any atom is 0.303 e. The largest absolute Gasteiger partial charge is 0.487 e. The van der Waals surface area contributed by atoms with Crippen LogP contribution in [0.15, 0.2) is 72.8 Å². The van der Waals surface area contributed by atoms with E-state index in [1.807, 2.05) is 50.4 Å². The maximum atomic E-state index is 13.5. The van der Waals surface area contributed by atoms with E-state index < -0.39 is 11.0 Å². The standard InChI is InChI=1S/C37H38N2O4/c1-25-9-7-12-28(23-25)15-16-33(41)38(3)30-17-19-37(43-26(2)40)32-24-29-13-8-14-31-34(29)36(37,35(30)42-31)20-22-39(32)21-18-27-10-5-4-6-11-27/h4-14,23,30,32,35H,17-22,24H2,1-3H3/t30-,32-,35+,36+,37-/m1/s1. The molecular weight excluding hydrogens is 536 g/mol. The van der Waals surface area contributed by atoms with E-state index in [1.165, 1.54) is 23.6 Å². The molecule has 4 aliphatic rings. The maximum absolute atomic E-state index is 13.5. The van der Waals surface area contributed by atoms with Gasteiger partial charge >= 0.3 is 5.97 Å². The molecule has 1 amide bonds. The number of hydrogen-bond acceptors (Lipinski definition) is 5. The highest BCUT2D eigenvalue weighted by Gasteiger charge is 2.75. The number of amides is 1. The molecule has 5 atom stereocenters. The molecule has 7 rings (SSSR count). The summed E-state index contributed by atoms with van der Waals surface area (Å²) in [6.07, 6.45) is 3.55. The van der Waals surface area contributed by atoms with Gasteiger partial charge in [0.2, 0.25) is 0 Å². The summed E-state index contributed by atoms with van der Waals surface area (Å²) in [4.78, 5) is 30.8. The summed E-state index contributed by atoms with van der Waals surface area (Å²) in [5.41, 5.74) is 4.44. The first-order valence-corrected chi connectivity index (χ1v) is 15.4. The Morgan fingerprint density at radius 2 is 1.88 bits per heavy atom. The molecular formula is C37H38N2O4. The molecule has 2 aliphatic carbocycles. The Morgan fingerprint density at radius 1 is 1.07 bits per heavy atom. The first-order chi connectivity index (χ1) is 20.8. The van der Waals surface area contributed by atoms with Crippen LogP contribution in [0.4, 0.5) is 0 Å². The summed E-state index contributed by atoms with van der Waals surface area (Å²) in [6.45, 7) is 5.32. The van der Waals surface area contributed by atoms with E-state index in [9.17, 15) is 9.59 Å². The average Bonchev–Trinajstić information content (AvgIpc) is 3.34. The molecule has 1 saturated heterocycles. The van der Waals surface area contributed by atoms with Crippen LogP contribution in [0.1, 0.15) is 54.0 Å². The number of esters is 1. The SMILES string of the molecule is CC(=O)O[C@@]12CC[C@@H](N(C)C(=O)C#Cc3cccc(C)c3)[C@@H]3Oc4cccc5c4[C@@]31CCN(CCc1ccccc1)[C@@H]2C5. The molecule has 0 N–H and O–H groups in total. The molecule has 2 heterocycles. The van der Waals surface area contributed by atoms with Crippen molar-refractivity contribution in [3.63, 3.8) is 0 Å². The predicted octanol–water partition coefficient (Wildman–Crippen LogP) is 4.84. The van der Waals surface area contributed by atoms with Gasteiger partial charge in [0.1, 0.15) is 17.5 Å². The van der Waals surface area contributed by atoms with Crippen LogP contribution in [0.3, 0.4) is 0 Å². The van der Waals surface area contributed by atoms with Crippen molar-refractivity contribution in [3.8, 4) is 17.6 Å². The Kier molecular flexibility index (Phi) is 6.82. The minimum atomic E-state index is -0.730. The van der Waals surface area contributed by atoms with Gasteiger partial charge in [-0.2, -0.15) is 0 Å². The Balaban J connectivity index is 1.26. The molecule has 2 aliphatic heterocycles. The van der Waals surface area contributed by atoms with E-state index in [2.05, 4.69) is 53.1 Å². The predicted molar refractivity (Wildman–Crippen MR) is 165 cm³/mol. The number of aryl methyl sites for hydroxylation is 1. The molecule has 0 aromatic heterocycles. The molecule has 3 aromatic rings. The number of hydrogen-bond donors (Lipinski definition) is 0. The van der Waals surface area contributed by atoms with Crippen LogP contribution in [0.5, 0.6) is 5.75 Å². The summed E-state index contributed by atoms with van der Waals surface area (Å²) in [5, 5.41) is 0. The van der Waals surface area contributed by atoms with Crippen LogP contribution in [-0.2, 0) is 32.6 Å². The second-order valence-electron chi connectivity index (χ2n) is 12.7. The van der Waals surface area contributed by atoms with Crippen molar-refractivity contribution >= 4 is 11.9 Å². The molecule has 0 radical (unpaired) electrons. The lowest BCUT2D eigenvalue weighted by atomic mass is 9.48. The van der Waals surface area contributed by atoms with Crippen LogP contribution in [-0.4, -0.2) is 65.6 Å². The zero-order valence-corrected chi connectivity index (χ0v) is 25.1. The number of carbonyl (C=O) groups is 2. The highest BCUT2D eigenvalue weighted by molar-refractivity contribution is 5.94. The topological polar surface area (TPSA) is 59.1 Å². The molecule has 220 valence electrons. The number of carbonyl (C=O) groups excluding carboxylic acids is 2. The number of likely N-dealkylation sites (tertiary alicyclic amines) is 1. The fraction of sp³-hybridized carbons (Fsp3) is 0.405. The van der Waals surface area contributed by atoms with Gasteiger partial charge in [-0.15, -0.1) is 0 Å². The van der Waals surface area contributed by atoms with Crippen molar-refractivity contribution in [2.45, 2.75) is 75.2 Å². The van der Waals surface area contributed by atoms with Gasteiger partial charge in [0.05, 0.1) is 17.5 Å². The van der Waals surface area contributed by atoms with Gasteiger partial charge in [0, 0.05) is 37.6 Å². The number of rotatable bonds is 5. The van der Waals surface area contributed by atoms with Gasteiger partial charge in [0.25, 0.3) is 5.91 Å². The number of piperidine rings is 1. The normalized spacial score (nSPS) is 28.1. The van der Waals surface area contributed by atoms with E-state index >= 15 is 0 Å². The number of likely N-dealkylation sites (N-methyl/N-ethyl adjacent to an activating group) is 1. The second-order valence-corrected chi connectivity index (χ2v) is 12.7. The third-order valence-electron chi connectivity index (χ3n) is 10.4. The fourth-order valence-electron chi connectivity index (χ4n) is 8.68. The van der Waals surface area contributed by atoms with Crippen molar-refractivity contribution in [1.29, 1.82) is 0 Å². The first kappa shape index (κ1) is 27.7. The summed E-state index contributed by atoms with van der Waals surface area (Å²) in [7, 11) is 1.84. The summed E-state index contributed by atoms with van der Waals surface area (Å²) in [6, 6.07) is 24.6. The van der Waals surface area contributed by atoms with E-state index in [0.717, 1.165) is 49.2 Å². The van der Waals surface area contributed by atoms with Gasteiger partial charge in [-0.1, -0.05) is 60.5 Å². The molecule has 2 fully saturated rings. The molecule has 2 bridgehead atoms. The first-order valence-electron chi connectivity index (χ1n) is 15.4. The lowest BCUT2D eigenvalue weighted by Gasteiger charge is -2.65. The zero-order valence-electron chi connectivity index (χ0n) is 25.1. The highest BCUT2D eigenvalue weighted by Crippen LogP contribution is 2.65. The lowest BCUT2D eigenvalue weighted by molar-refractivity contribution is -0.223. The van der Waals surface area contributed by atoms with Gasteiger partial charge in [-0.3, -0.25) is 14.5 Å². The van der Waals surface area contributed by atoms with Gasteiger partial charge in [-0.05, 0) is 80.5 Å². The van der Waals surface area contributed by atoms with E-state index in [4.69, 9.17) is 9.47 Å². The summed E-state index contributed by atoms with van der Waals surface area (Å²) < 4.78 is 13.5. The zero-order chi connectivity index (χ0) is 29.8. The van der Waals surface area contributed by atoms with Crippen molar-refractivity contribution in [2.24, 2.45) is 0 Å². The van der Waals surface area contributed by atoms with Crippen molar-refractivity contribution < 1.29 is 19.1 Å². The summed E-state index contributed by atoms with van der Waals surface area (Å²) in [5.74, 6) is 6.33. The van der Waals surface area contributed by atoms with Gasteiger partial charge in [-0.25, -0.2) is 0 Å². The number of nitrogens with zero attached hydrogens (tertiary/aromatic N) is 2. The lowest BCUT2D eigenvalue weighted by Crippen LogP contribution is -2.79. The molecule has 3 aromatic carbocycles. The van der Waals surface area contributed by atoms with Crippen LogP contribution >= 0.6 is 0 Å². The molecule has 1 spiro atoms. The highest BCUT2D eigenvalue weighted by atomic mass is 16.6. The Hall–Kier alpha value is -4.08. The minimum Gasteiger partial charge on any atom is -0.487 e. The van der Waals surface area contributed by atoms with E-state index in [0.29, 0.717) is 12.8 Å². The van der Waals surface area contributed by atoms with Crippen LogP contribution in [0.25, 0.3) is 0 Å². The molecule has 1 saturated carbocycles. The Bertz CT molecular complexity index is 1640. The summed E-state index contributed by atoms with van der Waals surface area (Å²) >= 11 is 0. The van der Waals surface area contributed by atoms with E-state index in [1.54, 1.807) is 4.90 Å². The molecule has 43 heavy (non-hydrogen) atoms. The quantitative estimate of drug-likeness (QED) is 0.323. The fourth-order valence-corrected chi connectivity index (χ4v) is 8.68. The third-order valence-corrected chi connectivity index (χ3v) is 10.4. The Labute approximate surface area is 254 Å². The van der Waals surface area contributed by atoms with Crippen molar-refractivity contribution in [3.05, 3.63) is 101 Å². The van der Waals surface area contributed by atoms with Gasteiger partial charge < -0.3 is 14.4 Å². The monoisotopic (exact) mass is 574 g/mol. The second kappa shape index (κ2) is 10.6. The molecule has 6 nitrogen and oxygen atoms in total. The van der Waals surface area contributed by atoms with Crippen LogP contribution < -0.4 is 4.74 Å². The van der Waals surface area contributed by atoms with Crippen molar-refractivity contribution in [1.82, 2.24) is 9.80 Å². The number of ether oxygens (including phenoxy) is 2. The van der Waals surface area contributed by atoms with Crippen LogP contribution in [0, 0.1) is 18.8 Å². The Morgan fingerprint density at radius 3 is 2.67 bits per heavy atom.